The maximum atomic E-state index is 12.5. The van der Waals surface area contributed by atoms with Crippen LogP contribution in [-0.4, -0.2) is 116 Å². The molecule has 2 saturated heterocycles. The quantitative estimate of drug-likeness (QED) is 0.0694. The van der Waals surface area contributed by atoms with Crippen LogP contribution in [0.1, 0.15) is 55.1 Å². The second-order valence-corrected chi connectivity index (χ2v) is 15.2. The number of rotatable bonds is 10. The summed E-state index contributed by atoms with van der Waals surface area (Å²) in [6.07, 6.45) is -0.260. The monoisotopic (exact) mass is 872 g/mol. The van der Waals surface area contributed by atoms with Crippen LogP contribution in [0, 0.1) is 0 Å². The Morgan fingerprint density at radius 3 is 1.24 bits per heavy atom. The largest absolute Gasteiger partial charge is 1.00 e. The van der Waals surface area contributed by atoms with Gasteiger partial charge in [-0.1, -0.05) is 85.4 Å². The van der Waals surface area contributed by atoms with Gasteiger partial charge in [-0.25, -0.2) is 9.59 Å². The molecule has 62 heavy (non-hydrogen) atoms. The molecule has 0 bridgehead atoms. The van der Waals surface area contributed by atoms with E-state index in [1.807, 2.05) is 36.4 Å². The number of ether oxygens (including phenoxy) is 2. The van der Waals surface area contributed by atoms with Gasteiger partial charge in [0.05, 0.1) is 37.7 Å². The third-order valence-corrected chi connectivity index (χ3v) is 10.8. The van der Waals surface area contributed by atoms with E-state index < -0.39 is 49.7 Å². The van der Waals surface area contributed by atoms with Crippen molar-refractivity contribution in [3.05, 3.63) is 118 Å². The molecule has 316 valence electrons. The van der Waals surface area contributed by atoms with E-state index in [1.165, 1.54) is 12.1 Å². The molecule has 2 amide bonds. The molecule has 0 saturated carbocycles. The van der Waals surface area contributed by atoms with E-state index in [9.17, 15) is 49.5 Å². The van der Waals surface area contributed by atoms with E-state index in [4.69, 9.17) is 30.2 Å². The molecular formula is C40H44B2N4Na2O14. The zero-order valence-electron chi connectivity index (χ0n) is 34.2. The predicted molar refractivity (Wildman–Crippen MR) is 214 cm³/mol. The molecule has 4 aromatic carbocycles. The second kappa shape index (κ2) is 20.1. The number of hydrogen-bond acceptors (Lipinski definition) is 14. The predicted octanol–water partition coefficient (Wildman–Crippen LogP) is -4.93. The van der Waals surface area contributed by atoms with E-state index in [0.29, 0.717) is 22.3 Å². The van der Waals surface area contributed by atoms with Crippen molar-refractivity contribution >= 4 is 37.3 Å². The number of benzene rings is 4. The number of nitrogens with two attached hydrogens (primary N) is 2. The van der Waals surface area contributed by atoms with Crippen LogP contribution in [0.4, 0.5) is 0 Å². The summed E-state index contributed by atoms with van der Waals surface area (Å²) < 4.78 is 21.9. The normalized spacial score (nSPS) is 18.0. The van der Waals surface area contributed by atoms with E-state index in [2.05, 4.69) is 0 Å². The molecule has 10 N–H and O–H groups in total. The molecule has 4 aromatic rings. The average molecular weight is 872 g/mol. The minimum atomic E-state index is -3.10. The number of carbonyl (C=O) groups is 4. The fraction of sp³-hybridized carbons (Fsp3) is 0.300. The Hall–Kier alpha value is -4.15. The number of carbonyl (C=O) groups excluding carboxylic acids is 2. The number of carboxylic acids is 2. The number of likely N-dealkylation sites (tertiary alicyclic amines) is 2. The topological polar surface area (TPSA) is 285 Å². The van der Waals surface area contributed by atoms with Crippen molar-refractivity contribution in [3.8, 4) is 23.0 Å². The standard InChI is InChI=1S/2C20H22BN2O7.2Na/c2*22-17(12-4-2-1-3-5-12)19(24)23-10-14(11-23)29-15-7-6-13-8-9-21(27,28)30-18(13)16(15)20(25)26;;/h2*1-7,14,17,27-28H,8-11,22H2,(H,25,26);;/q2*-1;2*+1/t2*17-;;/m00../s1. The Kier molecular flexibility index (Phi) is 15.9. The van der Waals surface area contributed by atoms with Gasteiger partial charge in [-0.3, -0.25) is 9.59 Å². The second-order valence-electron chi connectivity index (χ2n) is 15.2. The first-order chi connectivity index (χ1) is 28.5. The fourth-order valence-corrected chi connectivity index (χ4v) is 7.41. The van der Waals surface area contributed by atoms with Crippen LogP contribution < -0.4 is 89.4 Å². The number of hydrogen-bond donors (Lipinski definition) is 8. The van der Waals surface area contributed by atoms with Gasteiger partial charge in [0, 0.05) is 0 Å². The minimum Gasteiger partial charge on any atom is -0.669 e. The molecule has 2 atom stereocenters. The Labute approximate surface area is 400 Å². The summed E-state index contributed by atoms with van der Waals surface area (Å²) >= 11 is 0. The summed E-state index contributed by atoms with van der Waals surface area (Å²) in [4.78, 5) is 51.8. The molecule has 0 spiro atoms. The van der Waals surface area contributed by atoms with Crippen LogP contribution in [-0.2, 0) is 22.4 Å². The summed E-state index contributed by atoms with van der Waals surface area (Å²) in [7, 11) is 0. The van der Waals surface area contributed by atoms with Gasteiger partial charge in [-0.05, 0) is 47.2 Å². The van der Waals surface area contributed by atoms with Crippen molar-refractivity contribution in [1.82, 2.24) is 9.80 Å². The van der Waals surface area contributed by atoms with Crippen molar-refractivity contribution in [1.29, 1.82) is 0 Å². The Balaban J connectivity index is 0.000000227. The Bertz CT molecular complexity index is 2120. The van der Waals surface area contributed by atoms with Gasteiger partial charge in [0.2, 0.25) is 11.8 Å². The van der Waals surface area contributed by atoms with Gasteiger partial charge in [-0.2, -0.15) is 0 Å². The van der Waals surface area contributed by atoms with Crippen LogP contribution in [0.5, 0.6) is 23.0 Å². The minimum absolute atomic E-state index is 0. The number of aromatic carboxylic acids is 2. The van der Waals surface area contributed by atoms with Crippen molar-refractivity contribution in [2.75, 3.05) is 26.2 Å². The number of carboxylic acid groups (broad SMARTS) is 2. The zero-order chi connectivity index (χ0) is 42.9. The molecule has 22 heteroatoms. The van der Waals surface area contributed by atoms with Crippen molar-refractivity contribution < 1.29 is 127 Å². The summed E-state index contributed by atoms with van der Waals surface area (Å²) in [6, 6.07) is 22.9. The average Bonchev–Trinajstić information content (AvgIpc) is 3.18. The first-order valence-electron chi connectivity index (χ1n) is 19.4. The van der Waals surface area contributed by atoms with Crippen LogP contribution in [0.3, 0.4) is 0 Å². The van der Waals surface area contributed by atoms with Crippen LogP contribution in [0.15, 0.2) is 84.9 Å². The van der Waals surface area contributed by atoms with E-state index in [0.717, 1.165) is 0 Å². The molecule has 4 aliphatic rings. The molecule has 0 aromatic heterocycles. The molecule has 4 aliphatic heterocycles. The van der Waals surface area contributed by atoms with Crippen molar-refractivity contribution in [2.24, 2.45) is 11.5 Å². The molecule has 8 rings (SSSR count). The maximum Gasteiger partial charge on any atom is 1.00 e. The number of fused-ring (bicyclic) bond motifs is 2. The summed E-state index contributed by atoms with van der Waals surface area (Å²) in [5.41, 5.74) is 14.1. The van der Waals surface area contributed by atoms with E-state index in [-0.39, 0.29) is 157 Å². The van der Waals surface area contributed by atoms with E-state index >= 15 is 0 Å². The van der Waals surface area contributed by atoms with Crippen LogP contribution in [0.2, 0.25) is 12.6 Å². The summed E-state index contributed by atoms with van der Waals surface area (Å²) in [5, 5.41) is 58.5. The molecule has 0 unspecified atom stereocenters. The molecule has 2 fully saturated rings. The van der Waals surface area contributed by atoms with Crippen LogP contribution >= 0.6 is 0 Å². The molecule has 18 nitrogen and oxygen atoms in total. The zero-order valence-corrected chi connectivity index (χ0v) is 38.2. The Morgan fingerprint density at radius 2 is 0.919 bits per heavy atom. The van der Waals surface area contributed by atoms with Gasteiger partial charge in [0.25, 0.3) is 0 Å². The van der Waals surface area contributed by atoms with Crippen LogP contribution in [0.25, 0.3) is 0 Å². The SMILES string of the molecule is N[C@H](C(=O)N1CC(Oc2ccc3c(c2C(=O)O)O[B-](O)(O)CC3)C1)c1ccccc1.N[C@H](C(=O)N1CC(Oc2ccc3c(c2C(=O)O)O[B-](O)(O)CC3)C1)c1ccccc1.[Na+].[Na+]. The van der Waals surface area contributed by atoms with E-state index in [1.54, 1.807) is 46.2 Å². The summed E-state index contributed by atoms with van der Waals surface area (Å²) in [5.74, 6) is -3.13. The number of nitrogens with zero attached hydrogens (tertiary/aromatic N) is 2. The third-order valence-electron chi connectivity index (χ3n) is 10.8. The van der Waals surface area contributed by atoms with Gasteiger partial charge >= 0.3 is 84.6 Å². The summed E-state index contributed by atoms with van der Waals surface area (Å²) in [6.45, 7) is -5.14. The van der Waals surface area contributed by atoms with Gasteiger partial charge in [0.1, 0.15) is 46.9 Å². The van der Waals surface area contributed by atoms with Gasteiger partial charge < -0.3 is 70.4 Å². The number of amides is 2. The Morgan fingerprint density at radius 1 is 0.581 bits per heavy atom. The van der Waals surface area contributed by atoms with Gasteiger partial charge in [0.15, 0.2) is 0 Å². The molecule has 4 heterocycles. The number of aryl methyl sites for hydroxylation is 2. The smallest absolute Gasteiger partial charge is 0.669 e. The third kappa shape index (κ3) is 11.0. The van der Waals surface area contributed by atoms with Gasteiger partial charge in [-0.15, -0.1) is 0 Å². The fourth-order valence-electron chi connectivity index (χ4n) is 7.41. The van der Waals surface area contributed by atoms with Crippen molar-refractivity contribution in [2.45, 2.75) is 49.8 Å². The van der Waals surface area contributed by atoms with Crippen molar-refractivity contribution in [3.63, 3.8) is 0 Å². The maximum absolute atomic E-state index is 12.5. The first-order valence-corrected chi connectivity index (χ1v) is 19.4. The first kappa shape index (κ1) is 48.9. The molecular weight excluding hydrogens is 828 g/mol. The molecule has 0 aliphatic carbocycles. The molecule has 0 radical (unpaired) electrons.